The third-order valence-corrected chi connectivity index (χ3v) is 3.45. The molecule has 0 aliphatic carbocycles. The molecular formula is C14H11F3N2OS. The lowest BCUT2D eigenvalue weighted by Crippen LogP contribution is -2.11. The van der Waals surface area contributed by atoms with E-state index >= 15 is 0 Å². The van der Waals surface area contributed by atoms with Crippen LogP contribution in [0.15, 0.2) is 46.9 Å². The summed E-state index contributed by atoms with van der Waals surface area (Å²) in [6, 6.07) is 4.75. The molecule has 1 heterocycles. The Labute approximate surface area is 122 Å². The molecule has 0 atom stereocenters. The highest BCUT2D eigenvalue weighted by Gasteiger charge is 2.30. The predicted molar refractivity (Wildman–Crippen MR) is 74.3 cm³/mol. The van der Waals surface area contributed by atoms with E-state index in [0.29, 0.717) is 10.4 Å². The van der Waals surface area contributed by atoms with Gasteiger partial charge >= 0.3 is 6.18 Å². The number of nitrogens with zero attached hydrogens (tertiary/aromatic N) is 2. The molecule has 3 nitrogen and oxygen atoms in total. The number of rotatable bonds is 2. The molecule has 1 aromatic carbocycles. The molecule has 1 amide bonds. The Bertz CT molecular complexity index is 741. The second kappa shape index (κ2) is 6.09. The average molecular weight is 312 g/mol. The number of carbonyl (C=O) groups is 1. The molecule has 0 fully saturated rings. The first-order chi connectivity index (χ1) is 9.86. The second-order valence-electron chi connectivity index (χ2n) is 4.20. The van der Waals surface area contributed by atoms with Gasteiger partial charge in [0.25, 0.3) is 5.91 Å². The Morgan fingerprint density at radius 2 is 2.14 bits per heavy atom. The van der Waals surface area contributed by atoms with Crippen molar-refractivity contribution in [3.63, 3.8) is 0 Å². The third kappa shape index (κ3) is 4.16. The smallest absolute Gasteiger partial charge is 0.327 e. The lowest BCUT2D eigenvalue weighted by molar-refractivity contribution is -0.137. The first-order valence-corrected chi connectivity index (χ1v) is 6.78. The van der Waals surface area contributed by atoms with E-state index in [1.165, 1.54) is 29.5 Å². The maximum Gasteiger partial charge on any atom is 0.416 e. The Hall–Kier alpha value is -2.15. The van der Waals surface area contributed by atoms with Crippen LogP contribution in [0.3, 0.4) is 0 Å². The Balaban J connectivity index is 2.19. The van der Waals surface area contributed by atoms with Crippen LogP contribution in [0.25, 0.3) is 6.08 Å². The molecule has 2 aromatic rings. The molecular weight excluding hydrogens is 301 g/mol. The zero-order valence-electron chi connectivity index (χ0n) is 11.0. The highest BCUT2D eigenvalue weighted by molar-refractivity contribution is 7.07. The number of hydrogen-bond donors (Lipinski definition) is 0. The molecule has 2 rings (SSSR count). The van der Waals surface area contributed by atoms with Crippen molar-refractivity contribution in [2.24, 2.45) is 12.0 Å². The van der Waals surface area contributed by atoms with E-state index in [2.05, 4.69) is 4.99 Å². The van der Waals surface area contributed by atoms with E-state index in [9.17, 15) is 18.0 Å². The summed E-state index contributed by atoms with van der Waals surface area (Å²) in [5.74, 6) is -0.523. The summed E-state index contributed by atoms with van der Waals surface area (Å²) in [6.07, 6.45) is -0.180. The fraction of sp³-hybridized carbons (Fsp3) is 0.143. The van der Waals surface area contributed by atoms with Gasteiger partial charge in [-0.2, -0.15) is 18.2 Å². The molecule has 0 aliphatic heterocycles. The van der Waals surface area contributed by atoms with E-state index < -0.39 is 17.6 Å². The van der Waals surface area contributed by atoms with Crippen molar-refractivity contribution < 1.29 is 18.0 Å². The topological polar surface area (TPSA) is 34.4 Å². The largest absolute Gasteiger partial charge is 0.416 e. The lowest BCUT2D eigenvalue weighted by atomic mass is 10.1. The van der Waals surface area contributed by atoms with Crippen LogP contribution in [-0.2, 0) is 18.0 Å². The van der Waals surface area contributed by atoms with Gasteiger partial charge in [-0.15, -0.1) is 11.3 Å². The molecule has 1 aromatic heterocycles. The van der Waals surface area contributed by atoms with Crippen molar-refractivity contribution in [2.45, 2.75) is 6.18 Å². The zero-order valence-corrected chi connectivity index (χ0v) is 11.8. The molecule has 0 unspecified atom stereocenters. The number of aromatic nitrogens is 1. The van der Waals surface area contributed by atoms with E-state index in [1.807, 2.05) is 0 Å². The number of benzene rings is 1. The lowest BCUT2D eigenvalue weighted by Gasteiger charge is -2.06. The van der Waals surface area contributed by atoms with Gasteiger partial charge in [-0.3, -0.25) is 4.79 Å². The molecule has 0 spiro atoms. The van der Waals surface area contributed by atoms with Crippen LogP contribution in [0.5, 0.6) is 0 Å². The van der Waals surface area contributed by atoms with Crippen LogP contribution >= 0.6 is 11.3 Å². The number of carbonyl (C=O) groups excluding carboxylic acids is 1. The summed E-state index contributed by atoms with van der Waals surface area (Å²) in [6.45, 7) is 0. The maximum absolute atomic E-state index is 12.6. The number of hydrogen-bond acceptors (Lipinski definition) is 2. The van der Waals surface area contributed by atoms with Crippen LogP contribution in [0.2, 0.25) is 0 Å². The summed E-state index contributed by atoms with van der Waals surface area (Å²) in [5.41, 5.74) is -0.456. The highest BCUT2D eigenvalue weighted by atomic mass is 32.1. The predicted octanol–water partition coefficient (Wildman–Crippen LogP) is 3.25. The van der Waals surface area contributed by atoms with E-state index in [1.54, 1.807) is 23.2 Å². The van der Waals surface area contributed by atoms with Crippen molar-refractivity contribution >= 4 is 23.3 Å². The van der Waals surface area contributed by atoms with Gasteiger partial charge in [-0.1, -0.05) is 12.1 Å². The fourth-order valence-electron chi connectivity index (χ4n) is 1.55. The average Bonchev–Trinajstić information content (AvgIpc) is 2.81. The summed E-state index contributed by atoms with van der Waals surface area (Å²) in [4.78, 5) is 16.0. The molecule has 0 N–H and O–H groups in total. The van der Waals surface area contributed by atoms with E-state index in [0.717, 1.165) is 18.2 Å². The van der Waals surface area contributed by atoms with E-state index in [4.69, 9.17) is 0 Å². The number of alkyl halides is 3. The first-order valence-electron chi connectivity index (χ1n) is 5.90. The molecule has 110 valence electrons. The van der Waals surface area contributed by atoms with E-state index in [-0.39, 0.29) is 0 Å². The van der Waals surface area contributed by atoms with Gasteiger partial charge in [0.05, 0.1) is 5.56 Å². The van der Waals surface area contributed by atoms with Gasteiger partial charge in [-0.25, -0.2) is 0 Å². The maximum atomic E-state index is 12.6. The molecule has 0 radical (unpaired) electrons. The standard InChI is InChI=1S/C14H11F3N2OS/c1-19-7-8-21-13(19)18-12(20)6-5-10-3-2-4-11(9-10)14(15,16)17/h2-9H,1H3/b6-5+,18-13?. The second-order valence-corrected chi connectivity index (χ2v) is 5.08. The highest BCUT2D eigenvalue weighted by Crippen LogP contribution is 2.29. The fourth-order valence-corrected chi connectivity index (χ4v) is 2.29. The number of thiazole rings is 1. The summed E-state index contributed by atoms with van der Waals surface area (Å²) >= 11 is 1.30. The first kappa shape index (κ1) is 15.2. The SMILES string of the molecule is Cn1ccsc1=NC(=O)/C=C/c1cccc(C(F)(F)F)c1. The van der Waals surface area contributed by atoms with Gasteiger partial charge in [-0.05, 0) is 23.8 Å². The minimum absolute atomic E-state index is 0.295. The monoisotopic (exact) mass is 312 g/mol. The molecule has 7 heteroatoms. The van der Waals surface area contributed by atoms with Gasteiger partial charge in [0.2, 0.25) is 0 Å². The molecule has 0 saturated heterocycles. The molecule has 0 bridgehead atoms. The number of aryl methyl sites for hydroxylation is 1. The Kier molecular flexibility index (Phi) is 4.42. The van der Waals surface area contributed by atoms with Crippen LogP contribution in [0.1, 0.15) is 11.1 Å². The summed E-state index contributed by atoms with van der Waals surface area (Å²) in [7, 11) is 1.75. The zero-order chi connectivity index (χ0) is 15.5. The van der Waals surface area contributed by atoms with Crippen LogP contribution in [0.4, 0.5) is 13.2 Å². The molecule has 0 saturated carbocycles. The Morgan fingerprint density at radius 3 is 2.76 bits per heavy atom. The van der Waals surface area contributed by atoms with Crippen molar-refractivity contribution in [3.05, 3.63) is 57.8 Å². The number of amides is 1. The third-order valence-electron chi connectivity index (χ3n) is 2.60. The van der Waals surface area contributed by atoms with Crippen molar-refractivity contribution in [3.8, 4) is 0 Å². The van der Waals surface area contributed by atoms with Crippen molar-refractivity contribution in [2.75, 3.05) is 0 Å². The summed E-state index contributed by atoms with van der Waals surface area (Å²) in [5, 5.41) is 1.78. The van der Waals surface area contributed by atoms with Crippen molar-refractivity contribution in [1.29, 1.82) is 0 Å². The molecule has 0 aliphatic rings. The van der Waals surface area contributed by atoms with Crippen LogP contribution in [-0.4, -0.2) is 10.5 Å². The van der Waals surface area contributed by atoms with Gasteiger partial charge in [0.15, 0.2) is 4.80 Å². The normalized spacial score (nSPS) is 13.0. The van der Waals surface area contributed by atoms with Gasteiger partial charge < -0.3 is 4.57 Å². The number of halogens is 3. The van der Waals surface area contributed by atoms with Crippen molar-refractivity contribution in [1.82, 2.24) is 4.57 Å². The van der Waals surface area contributed by atoms with Crippen LogP contribution in [0, 0.1) is 0 Å². The minimum atomic E-state index is -4.40. The summed E-state index contributed by atoms with van der Waals surface area (Å²) < 4.78 is 39.3. The minimum Gasteiger partial charge on any atom is -0.327 e. The molecule has 21 heavy (non-hydrogen) atoms. The van der Waals surface area contributed by atoms with Gasteiger partial charge in [0, 0.05) is 24.7 Å². The van der Waals surface area contributed by atoms with Gasteiger partial charge in [0.1, 0.15) is 0 Å². The van der Waals surface area contributed by atoms with Crippen LogP contribution < -0.4 is 4.80 Å². The quantitative estimate of drug-likeness (QED) is 0.784. The Morgan fingerprint density at radius 1 is 1.38 bits per heavy atom.